The molecule has 0 bridgehead atoms. The predicted molar refractivity (Wildman–Crippen MR) is 73.2 cm³/mol. The average Bonchev–Trinajstić information content (AvgIpc) is 2.89. The molecule has 1 fully saturated rings. The quantitative estimate of drug-likeness (QED) is 0.823. The third-order valence-electron chi connectivity index (χ3n) is 2.80. The predicted octanol–water partition coefficient (Wildman–Crippen LogP) is 1.52. The van der Waals surface area contributed by atoms with Crippen LogP contribution in [-0.4, -0.2) is 35.1 Å². The van der Waals surface area contributed by atoms with Crippen LogP contribution >= 0.6 is 23.6 Å². The van der Waals surface area contributed by atoms with E-state index in [9.17, 15) is 0 Å². The number of methoxy groups -OCH3 is 1. The van der Waals surface area contributed by atoms with Crippen molar-refractivity contribution in [2.24, 2.45) is 5.73 Å². The molecule has 1 aliphatic heterocycles. The highest BCUT2D eigenvalue weighted by molar-refractivity contribution is 7.81. The lowest BCUT2D eigenvalue weighted by Crippen LogP contribution is -2.18. The number of aromatic nitrogens is 1. The van der Waals surface area contributed by atoms with E-state index in [4.69, 9.17) is 22.7 Å². The van der Waals surface area contributed by atoms with E-state index in [1.165, 1.54) is 25.9 Å². The lowest BCUT2D eigenvalue weighted by molar-refractivity contribution is 0.181. The van der Waals surface area contributed by atoms with Gasteiger partial charge in [0.1, 0.15) is 10.00 Å². The van der Waals surface area contributed by atoms with E-state index < -0.39 is 0 Å². The summed E-state index contributed by atoms with van der Waals surface area (Å²) in [5.41, 5.74) is 6.57. The fourth-order valence-corrected chi connectivity index (χ4v) is 3.23. The van der Waals surface area contributed by atoms with Crippen molar-refractivity contribution in [2.75, 3.05) is 20.2 Å². The number of ether oxygens (including phenoxy) is 1. The van der Waals surface area contributed by atoms with Crippen LogP contribution in [0.3, 0.4) is 0 Å². The van der Waals surface area contributed by atoms with E-state index in [-0.39, 0.29) is 0 Å². The Hall–Kier alpha value is -0.560. The highest BCUT2D eigenvalue weighted by Gasteiger charge is 2.17. The van der Waals surface area contributed by atoms with Gasteiger partial charge in [-0.1, -0.05) is 12.2 Å². The van der Waals surface area contributed by atoms with Crippen molar-refractivity contribution in [1.82, 2.24) is 9.88 Å². The third kappa shape index (κ3) is 3.22. The molecule has 0 aromatic carbocycles. The number of thiocarbonyl (C=S) groups is 1. The Balaban J connectivity index is 2.11. The number of likely N-dealkylation sites (tertiary alicyclic amines) is 1. The van der Waals surface area contributed by atoms with Gasteiger partial charge in [-0.05, 0) is 25.9 Å². The van der Waals surface area contributed by atoms with Gasteiger partial charge in [0, 0.05) is 7.11 Å². The second-order valence-corrected chi connectivity index (χ2v) is 5.69. The van der Waals surface area contributed by atoms with Gasteiger partial charge in [0.05, 0.1) is 23.7 Å². The highest BCUT2D eigenvalue weighted by atomic mass is 32.1. The number of rotatable bonds is 5. The molecule has 2 N–H and O–H groups in total. The van der Waals surface area contributed by atoms with Crippen LogP contribution in [0, 0.1) is 0 Å². The van der Waals surface area contributed by atoms with E-state index >= 15 is 0 Å². The second-order valence-electron chi connectivity index (χ2n) is 4.16. The summed E-state index contributed by atoms with van der Waals surface area (Å²) in [6.45, 7) is 3.72. The van der Waals surface area contributed by atoms with E-state index in [1.54, 1.807) is 18.4 Å². The van der Waals surface area contributed by atoms with Gasteiger partial charge in [-0.3, -0.25) is 4.90 Å². The van der Waals surface area contributed by atoms with Crippen molar-refractivity contribution in [3.05, 3.63) is 15.6 Å². The molecule has 2 rings (SSSR count). The van der Waals surface area contributed by atoms with E-state index in [0.29, 0.717) is 11.6 Å². The van der Waals surface area contributed by atoms with Crippen molar-refractivity contribution >= 4 is 28.5 Å². The molecule has 0 unspecified atom stereocenters. The first kappa shape index (κ1) is 12.9. The van der Waals surface area contributed by atoms with Crippen molar-refractivity contribution in [2.45, 2.75) is 26.0 Å². The maximum absolute atomic E-state index is 5.70. The van der Waals surface area contributed by atoms with Gasteiger partial charge < -0.3 is 10.5 Å². The van der Waals surface area contributed by atoms with Crippen LogP contribution in [-0.2, 0) is 17.9 Å². The standard InChI is InChI=1S/C11H17N3OS2/c1-15-7-8-10(11(12)16)17-9(13-8)6-14-4-2-3-5-14/h2-7H2,1H3,(H2,12,16). The second kappa shape index (κ2) is 5.86. The normalized spacial score (nSPS) is 16.5. The third-order valence-corrected chi connectivity index (χ3v) is 4.25. The summed E-state index contributed by atoms with van der Waals surface area (Å²) in [6.07, 6.45) is 2.58. The number of nitrogens with zero attached hydrogens (tertiary/aromatic N) is 2. The molecule has 1 aromatic heterocycles. The minimum absolute atomic E-state index is 0.419. The van der Waals surface area contributed by atoms with Crippen molar-refractivity contribution in [1.29, 1.82) is 0 Å². The zero-order chi connectivity index (χ0) is 12.3. The summed E-state index contributed by atoms with van der Waals surface area (Å²) < 4.78 is 5.12. The van der Waals surface area contributed by atoms with E-state index in [0.717, 1.165) is 22.1 Å². The van der Waals surface area contributed by atoms with Gasteiger partial charge in [-0.2, -0.15) is 0 Å². The lowest BCUT2D eigenvalue weighted by Gasteiger charge is -2.11. The SMILES string of the molecule is COCc1nc(CN2CCCC2)sc1C(N)=S. The maximum atomic E-state index is 5.70. The minimum atomic E-state index is 0.419. The zero-order valence-electron chi connectivity index (χ0n) is 9.94. The Morgan fingerprint density at radius 2 is 2.24 bits per heavy atom. The van der Waals surface area contributed by atoms with Crippen LogP contribution in [0.4, 0.5) is 0 Å². The molecule has 2 heterocycles. The topological polar surface area (TPSA) is 51.4 Å². The Labute approximate surface area is 111 Å². The monoisotopic (exact) mass is 271 g/mol. The van der Waals surface area contributed by atoms with Crippen molar-refractivity contribution in [3.8, 4) is 0 Å². The molecule has 0 aliphatic carbocycles. The molecule has 0 amide bonds. The fraction of sp³-hybridized carbons (Fsp3) is 0.636. The van der Waals surface area contributed by atoms with Gasteiger partial charge in [0.25, 0.3) is 0 Å². The van der Waals surface area contributed by atoms with Gasteiger partial charge in [0.15, 0.2) is 0 Å². The van der Waals surface area contributed by atoms with Gasteiger partial charge >= 0.3 is 0 Å². The zero-order valence-corrected chi connectivity index (χ0v) is 11.6. The van der Waals surface area contributed by atoms with Gasteiger partial charge in [-0.15, -0.1) is 11.3 Å². The highest BCUT2D eigenvalue weighted by Crippen LogP contribution is 2.22. The molecule has 0 atom stereocenters. The van der Waals surface area contributed by atoms with Crippen LogP contribution < -0.4 is 5.73 Å². The summed E-state index contributed by atoms with van der Waals surface area (Å²) in [5.74, 6) is 0. The molecule has 17 heavy (non-hydrogen) atoms. The molecular formula is C11H17N3OS2. The van der Waals surface area contributed by atoms with Crippen molar-refractivity contribution < 1.29 is 4.74 Å². The largest absolute Gasteiger partial charge is 0.389 e. The first-order chi connectivity index (χ1) is 8.20. The summed E-state index contributed by atoms with van der Waals surface area (Å²) in [4.78, 5) is 8.30. The van der Waals surface area contributed by atoms with E-state index in [2.05, 4.69) is 9.88 Å². The Morgan fingerprint density at radius 1 is 1.53 bits per heavy atom. The van der Waals surface area contributed by atoms with Crippen LogP contribution in [0.25, 0.3) is 0 Å². The molecule has 0 radical (unpaired) electrons. The lowest BCUT2D eigenvalue weighted by atomic mass is 10.4. The van der Waals surface area contributed by atoms with Gasteiger partial charge in [0.2, 0.25) is 0 Å². The van der Waals surface area contributed by atoms with Crippen LogP contribution in [0.5, 0.6) is 0 Å². The Kier molecular flexibility index (Phi) is 4.44. The molecule has 1 aliphatic rings. The summed E-state index contributed by atoms with van der Waals surface area (Å²) in [7, 11) is 1.66. The molecule has 0 saturated carbocycles. The number of thiazole rings is 1. The molecule has 6 heteroatoms. The van der Waals surface area contributed by atoms with Gasteiger partial charge in [-0.25, -0.2) is 4.98 Å². The van der Waals surface area contributed by atoms with E-state index in [1.807, 2.05) is 0 Å². The molecular weight excluding hydrogens is 254 g/mol. The number of hydrogen-bond acceptors (Lipinski definition) is 5. The summed E-state index contributed by atoms with van der Waals surface area (Å²) in [5, 5.41) is 1.08. The molecule has 1 saturated heterocycles. The van der Waals surface area contributed by atoms with Crippen LogP contribution in [0.1, 0.15) is 28.4 Å². The first-order valence-corrected chi connectivity index (χ1v) is 6.93. The van der Waals surface area contributed by atoms with Crippen molar-refractivity contribution in [3.63, 3.8) is 0 Å². The van der Waals surface area contributed by atoms with Crippen LogP contribution in [0.2, 0.25) is 0 Å². The molecule has 1 aromatic rings. The summed E-state index contributed by atoms with van der Waals surface area (Å²) in [6, 6.07) is 0. The molecule has 4 nitrogen and oxygen atoms in total. The van der Waals surface area contributed by atoms with Crippen LogP contribution in [0.15, 0.2) is 0 Å². The summed E-state index contributed by atoms with van der Waals surface area (Å²) >= 11 is 6.63. The first-order valence-electron chi connectivity index (χ1n) is 5.70. The average molecular weight is 271 g/mol. The fourth-order valence-electron chi connectivity index (χ4n) is 2.03. The number of hydrogen-bond donors (Lipinski definition) is 1. The maximum Gasteiger partial charge on any atom is 0.116 e. The molecule has 94 valence electrons. The minimum Gasteiger partial charge on any atom is -0.389 e. The number of nitrogens with two attached hydrogens (primary N) is 1. The Morgan fingerprint density at radius 3 is 2.82 bits per heavy atom. The Bertz CT molecular complexity index is 399. The smallest absolute Gasteiger partial charge is 0.116 e. The molecule has 0 spiro atoms.